The van der Waals surface area contributed by atoms with Gasteiger partial charge in [-0.2, -0.15) is 0 Å². The van der Waals surface area contributed by atoms with Crippen LogP contribution in [0.5, 0.6) is 0 Å². The van der Waals surface area contributed by atoms with Gasteiger partial charge in [0.1, 0.15) is 0 Å². The number of nitrogens with one attached hydrogen (secondary N) is 1. The van der Waals surface area contributed by atoms with E-state index in [0.717, 1.165) is 17.8 Å². The minimum atomic E-state index is -0.205. The molecule has 1 saturated carbocycles. The van der Waals surface area contributed by atoms with E-state index >= 15 is 0 Å². The molecule has 106 valence electrons. The van der Waals surface area contributed by atoms with Crippen molar-refractivity contribution in [2.24, 2.45) is 5.41 Å². The van der Waals surface area contributed by atoms with Gasteiger partial charge in [0, 0.05) is 27.8 Å². The van der Waals surface area contributed by atoms with E-state index < -0.39 is 0 Å². The van der Waals surface area contributed by atoms with Gasteiger partial charge in [-0.25, -0.2) is 0 Å². The van der Waals surface area contributed by atoms with Gasteiger partial charge in [-0.15, -0.1) is 11.3 Å². The van der Waals surface area contributed by atoms with Gasteiger partial charge in [0.15, 0.2) is 0 Å². The van der Waals surface area contributed by atoms with Crippen molar-refractivity contribution in [1.29, 1.82) is 0 Å². The minimum Gasteiger partial charge on any atom is -0.469 e. The van der Waals surface area contributed by atoms with Crippen molar-refractivity contribution in [3.05, 3.63) is 21.9 Å². The Morgan fingerprint density at radius 1 is 1.53 bits per heavy atom. The zero-order valence-electron chi connectivity index (χ0n) is 11.6. The average molecular weight is 283 g/mol. The highest BCUT2D eigenvalue weighted by atomic mass is 32.1. The van der Waals surface area contributed by atoms with Crippen LogP contribution in [0.3, 0.4) is 0 Å². The SMILES string of the molecule is COC(=O)Cc1ccc(CNC2CC(O)C2(C)C)s1. The van der Waals surface area contributed by atoms with E-state index in [0.29, 0.717) is 12.5 Å². The Morgan fingerprint density at radius 2 is 2.21 bits per heavy atom. The van der Waals surface area contributed by atoms with Gasteiger partial charge >= 0.3 is 5.97 Å². The van der Waals surface area contributed by atoms with Crippen LogP contribution in [-0.4, -0.2) is 30.3 Å². The van der Waals surface area contributed by atoms with Gasteiger partial charge in [0.2, 0.25) is 0 Å². The Labute approximate surface area is 117 Å². The maximum atomic E-state index is 11.2. The molecular formula is C14H21NO3S. The first-order valence-corrected chi connectivity index (χ1v) is 7.31. The fourth-order valence-corrected chi connectivity index (χ4v) is 3.25. The third kappa shape index (κ3) is 3.16. The molecule has 0 radical (unpaired) electrons. The maximum Gasteiger partial charge on any atom is 0.310 e. The lowest BCUT2D eigenvalue weighted by molar-refractivity contribution is -0.139. The number of carbonyl (C=O) groups is 1. The van der Waals surface area contributed by atoms with Crippen LogP contribution >= 0.6 is 11.3 Å². The minimum absolute atomic E-state index is 0.0495. The molecule has 1 aliphatic rings. The number of methoxy groups -OCH3 is 1. The number of esters is 1. The second-order valence-corrected chi connectivity index (χ2v) is 6.88. The molecule has 5 heteroatoms. The monoisotopic (exact) mass is 283 g/mol. The van der Waals surface area contributed by atoms with Crippen LogP contribution in [0.1, 0.15) is 30.0 Å². The predicted octanol–water partition coefficient (Wildman–Crippen LogP) is 1.71. The molecule has 4 nitrogen and oxygen atoms in total. The van der Waals surface area contributed by atoms with Gasteiger partial charge in [-0.1, -0.05) is 13.8 Å². The van der Waals surface area contributed by atoms with Crippen LogP contribution in [0.25, 0.3) is 0 Å². The van der Waals surface area contributed by atoms with Gasteiger partial charge in [-0.05, 0) is 18.6 Å². The van der Waals surface area contributed by atoms with Crippen molar-refractivity contribution in [3.63, 3.8) is 0 Å². The molecule has 1 aliphatic carbocycles. The lowest BCUT2D eigenvalue weighted by atomic mass is 9.64. The first kappa shape index (κ1) is 14.5. The van der Waals surface area contributed by atoms with E-state index in [1.54, 1.807) is 11.3 Å². The predicted molar refractivity (Wildman–Crippen MR) is 75.1 cm³/mol. The number of hydrogen-bond acceptors (Lipinski definition) is 5. The van der Waals surface area contributed by atoms with Crippen molar-refractivity contribution in [2.75, 3.05) is 7.11 Å². The number of aliphatic hydroxyl groups is 1. The van der Waals surface area contributed by atoms with Gasteiger partial charge in [0.25, 0.3) is 0 Å². The molecule has 0 amide bonds. The molecule has 1 aromatic rings. The van der Waals surface area contributed by atoms with Crippen molar-refractivity contribution in [3.8, 4) is 0 Å². The largest absolute Gasteiger partial charge is 0.469 e. The quantitative estimate of drug-likeness (QED) is 0.808. The van der Waals surface area contributed by atoms with Gasteiger partial charge in [-0.3, -0.25) is 4.79 Å². The Bertz CT molecular complexity index is 455. The summed E-state index contributed by atoms with van der Waals surface area (Å²) in [6, 6.07) is 4.37. The second kappa shape index (κ2) is 5.61. The number of carbonyl (C=O) groups excluding carboxylic acids is 1. The van der Waals surface area contributed by atoms with Crippen LogP contribution in [0.2, 0.25) is 0 Å². The van der Waals surface area contributed by atoms with E-state index in [1.165, 1.54) is 12.0 Å². The van der Waals surface area contributed by atoms with E-state index in [9.17, 15) is 9.90 Å². The Balaban J connectivity index is 1.83. The summed E-state index contributed by atoms with van der Waals surface area (Å²) in [5.41, 5.74) is -0.0495. The van der Waals surface area contributed by atoms with Crippen LogP contribution in [0.4, 0.5) is 0 Å². The fourth-order valence-electron chi connectivity index (χ4n) is 2.30. The summed E-state index contributed by atoms with van der Waals surface area (Å²) in [4.78, 5) is 13.4. The number of hydrogen-bond donors (Lipinski definition) is 2. The highest BCUT2D eigenvalue weighted by molar-refractivity contribution is 7.12. The summed E-state index contributed by atoms with van der Waals surface area (Å²) in [6.45, 7) is 4.94. The lowest BCUT2D eigenvalue weighted by Crippen LogP contribution is -2.59. The Morgan fingerprint density at radius 3 is 2.79 bits per heavy atom. The zero-order chi connectivity index (χ0) is 14.0. The molecule has 2 N–H and O–H groups in total. The molecule has 0 aromatic carbocycles. The molecule has 2 unspecified atom stereocenters. The number of ether oxygens (including phenoxy) is 1. The third-order valence-electron chi connectivity index (χ3n) is 4.00. The summed E-state index contributed by atoms with van der Waals surface area (Å²) >= 11 is 1.63. The molecule has 0 saturated heterocycles. The zero-order valence-corrected chi connectivity index (χ0v) is 12.4. The lowest BCUT2D eigenvalue weighted by Gasteiger charge is -2.49. The summed E-state index contributed by atoms with van der Waals surface area (Å²) in [5, 5.41) is 13.2. The first-order chi connectivity index (χ1) is 8.93. The van der Waals surface area contributed by atoms with E-state index in [1.807, 2.05) is 12.1 Å². The second-order valence-electron chi connectivity index (χ2n) is 5.63. The fraction of sp³-hybridized carbons (Fsp3) is 0.643. The molecule has 1 fully saturated rings. The molecule has 0 aliphatic heterocycles. The van der Waals surface area contributed by atoms with Gasteiger partial charge in [0.05, 0.1) is 19.6 Å². The van der Waals surface area contributed by atoms with Crippen molar-refractivity contribution < 1.29 is 14.6 Å². The van der Waals surface area contributed by atoms with Crippen molar-refractivity contribution in [2.45, 2.75) is 45.4 Å². The smallest absolute Gasteiger partial charge is 0.310 e. The Hall–Kier alpha value is -0.910. The molecule has 0 bridgehead atoms. The molecule has 19 heavy (non-hydrogen) atoms. The molecule has 1 aromatic heterocycles. The summed E-state index contributed by atoms with van der Waals surface area (Å²) in [6.07, 6.45) is 0.950. The highest BCUT2D eigenvalue weighted by Gasteiger charge is 2.46. The van der Waals surface area contributed by atoms with Crippen LogP contribution in [0, 0.1) is 5.41 Å². The summed E-state index contributed by atoms with van der Waals surface area (Å²) in [5.74, 6) is -0.204. The normalized spacial score (nSPS) is 24.8. The maximum absolute atomic E-state index is 11.2. The van der Waals surface area contributed by atoms with E-state index in [2.05, 4.69) is 23.9 Å². The molecule has 0 spiro atoms. The molecule has 1 heterocycles. The molecular weight excluding hydrogens is 262 g/mol. The summed E-state index contributed by atoms with van der Waals surface area (Å²) < 4.78 is 4.65. The number of rotatable bonds is 5. The van der Waals surface area contributed by atoms with Crippen LogP contribution in [-0.2, 0) is 22.5 Å². The van der Waals surface area contributed by atoms with Crippen LogP contribution < -0.4 is 5.32 Å². The average Bonchev–Trinajstić information content (AvgIpc) is 2.81. The summed E-state index contributed by atoms with van der Waals surface area (Å²) in [7, 11) is 1.41. The van der Waals surface area contributed by atoms with E-state index in [-0.39, 0.29) is 17.5 Å². The molecule has 2 rings (SSSR count). The Kier molecular flexibility index (Phi) is 4.28. The van der Waals surface area contributed by atoms with E-state index in [4.69, 9.17) is 0 Å². The topological polar surface area (TPSA) is 58.6 Å². The number of thiophene rings is 1. The van der Waals surface area contributed by atoms with Crippen molar-refractivity contribution in [1.82, 2.24) is 5.32 Å². The first-order valence-electron chi connectivity index (χ1n) is 6.49. The number of aliphatic hydroxyl groups excluding tert-OH is 1. The molecule has 2 atom stereocenters. The standard InChI is InChI=1S/C14H21NO3S/c1-14(2)11(7-12(14)16)15-8-10-5-4-9(19-10)6-13(17)18-3/h4-5,11-12,15-16H,6-8H2,1-3H3. The van der Waals surface area contributed by atoms with Crippen LogP contribution in [0.15, 0.2) is 12.1 Å². The van der Waals surface area contributed by atoms with Gasteiger partial charge < -0.3 is 15.2 Å². The van der Waals surface area contributed by atoms with Crippen molar-refractivity contribution >= 4 is 17.3 Å². The highest BCUT2D eigenvalue weighted by Crippen LogP contribution is 2.40. The third-order valence-corrected chi connectivity index (χ3v) is 5.09.